The lowest BCUT2D eigenvalue weighted by Crippen LogP contribution is -2.53. The molecule has 1 fully saturated rings. The molecule has 1 unspecified atom stereocenters. The van der Waals surface area contributed by atoms with Crippen LogP contribution in [0, 0.1) is 5.92 Å². The van der Waals surface area contributed by atoms with Crippen molar-refractivity contribution in [3.63, 3.8) is 0 Å². The van der Waals surface area contributed by atoms with Crippen molar-refractivity contribution >= 4 is 11.6 Å². The van der Waals surface area contributed by atoms with Crippen molar-refractivity contribution in [1.82, 2.24) is 0 Å². The predicted molar refractivity (Wildman–Crippen MR) is 139 cm³/mol. The zero-order valence-electron chi connectivity index (χ0n) is 22.8. The predicted octanol–water partition coefficient (Wildman–Crippen LogP) is 2.97. The van der Waals surface area contributed by atoms with Crippen molar-refractivity contribution in [3.05, 3.63) is 57.2 Å². The first-order chi connectivity index (χ1) is 19.3. The molecule has 11 heteroatoms. The van der Waals surface area contributed by atoms with E-state index in [0.717, 1.165) is 18.2 Å². The number of hydrogen-bond donors (Lipinski definition) is 5. The molecule has 7 rings (SSSR count). The van der Waals surface area contributed by atoms with Gasteiger partial charge in [0.2, 0.25) is 5.79 Å². The van der Waals surface area contributed by atoms with Gasteiger partial charge in [0.1, 0.15) is 34.7 Å². The Morgan fingerprint density at radius 2 is 1.54 bits per heavy atom. The highest BCUT2D eigenvalue weighted by atomic mass is 16.8. The number of benzene rings is 2. The van der Waals surface area contributed by atoms with Crippen molar-refractivity contribution in [1.29, 1.82) is 0 Å². The zero-order chi connectivity index (χ0) is 29.3. The second-order valence-corrected chi connectivity index (χ2v) is 11.7. The van der Waals surface area contributed by atoms with Gasteiger partial charge in [0.05, 0.1) is 40.9 Å². The number of carbonyl (C=O) groups excluding carboxylic acids is 2. The molecule has 1 saturated heterocycles. The fraction of sp³-hybridized carbons (Fsp3) is 0.467. The molecule has 3 heterocycles. The second-order valence-electron chi connectivity index (χ2n) is 11.7. The first-order valence-electron chi connectivity index (χ1n) is 13.7. The lowest BCUT2D eigenvalue weighted by atomic mass is 9.64. The maximum absolute atomic E-state index is 14.4. The van der Waals surface area contributed by atoms with Gasteiger partial charge in [-0.25, -0.2) is 0 Å². The van der Waals surface area contributed by atoms with Crippen LogP contribution in [-0.4, -0.2) is 67.8 Å². The number of carbonyl (C=O) groups is 2. The number of phenolic OH excluding ortho intramolecular Hbond substituents is 4. The monoisotopic (exact) mass is 566 g/mol. The van der Waals surface area contributed by atoms with Crippen LogP contribution in [0.25, 0.3) is 0 Å². The van der Waals surface area contributed by atoms with Gasteiger partial charge in [0, 0.05) is 28.8 Å². The van der Waals surface area contributed by atoms with Gasteiger partial charge in [-0.3, -0.25) is 9.59 Å². The molecule has 41 heavy (non-hydrogen) atoms. The number of phenols is 4. The minimum absolute atomic E-state index is 0.0279. The minimum Gasteiger partial charge on any atom is -0.508 e. The summed E-state index contributed by atoms with van der Waals surface area (Å²) in [6.07, 6.45) is -3.95. The molecule has 216 valence electrons. The Bertz CT molecular complexity index is 1590. The lowest BCUT2D eigenvalue weighted by molar-refractivity contribution is -0.333. The molecular weight excluding hydrogens is 536 g/mol. The summed E-state index contributed by atoms with van der Waals surface area (Å²) in [5.41, 5.74) is -2.14. The first-order valence-corrected chi connectivity index (χ1v) is 13.7. The Hall–Kier alpha value is -3.48. The third-order valence-corrected chi connectivity index (χ3v) is 9.19. The molecule has 2 aromatic carbocycles. The van der Waals surface area contributed by atoms with Crippen LogP contribution >= 0.6 is 0 Å². The highest BCUT2D eigenvalue weighted by Gasteiger charge is 2.63. The Balaban J connectivity index is 1.73. The third kappa shape index (κ3) is 3.26. The molecule has 0 saturated carbocycles. The van der Waals surface area contributed by atoms with E-state index in [4.69, 9.17) is 18.9 Å². The summed E-state index contributed by atoms with van der Waals surface area (Å²) in [6.45, 7) is 6.92. The summed E-state index contributed by atoms with van der Waals surface area (Å²) >= 11 is 0. The Morgan fingerprint density at radius 1 is 0.829 bits per heavy atom. The Morgan fingerprint density at radius 3 is 2.27 bits per heavy atom. The largest absolute Gasteiger partial charge is 0.508 e. The average Bonchev–Trinajstić information content (AvgIpc) is 2.97. The SMILES string of the molecule is C[C@@H]1CC2=C(C(=O)c3c(O)cc(O)c4c3[C@]23C[C@@H]2C(=O)c5c(O)cc(O)cc5[C@@]4(O)OC(O3)[C@@H](C)O[C@@H]2C)[C@@H](C)O1. The number of hydrogen-bond acceptors (Lipinski definition) is 11. The number of ketones is 2. The topological polar surface area (TPSA) is 172 Å². The number of rotatable bonds is 0. The lowest BCUT2D eigenvalue weighted by Gasteiger charge is -2.50. The van der Waals surface area contributed by atoms with Gasteiger partial charge in [-0.15, -0.1) is 0 Å². The van der Waals surface area contributed by atoms with Crippen molar-refractivity contribution in [2.24, 2.45) is 5.92 Å². The van der Waals surface area contributed by atoms with Crippen LogP contribution < -0.4 is 0 Å². The van der Waals surface area contributed by atoms with Crippen molar-refractivity contribution in [3.8, 4) is 23.0 Å². The maximum Gasteiger partial charge on any atom is 0.227 e. The summed E-state index contributed by atoms with van der Waals surface area (Å²) in [5.74, 6) is -7.21. The molecule has 1 spiro atoms. The number of ether oxygens (including phenoxy) is 4. The van der Waals surface area contributed by atoms with E-state index in [1.165, 1.54) is 0 Å². The van der Waals surface area contributed by atoms with E-state index in [-0.39, 0.29) is 52.3 Å². The highest BCUT2D eigenvalue weighted by Crippen LogP contribution is 2.62. The summed E-state index contributed by atoms with van der Waals surface area (Å²) < 4.78 is 25.2. The summed E-state index contributed by atoms with van der Waals surface area (Å²) in [5, 5.41) is 56.7. The van der Waals surface area contributed by atoms with E-state index in [0.29, 0.717) is 5.57 Å². The van der Waals surface area contributed by atoms with Gasteiger partial charge in [-0.2, -0.15) is 0 Å². The first kappa shape index (κ1) is 26.4. The second kappa shape index (κ2) is 8.30. The molecule has 2 aromatic rings. The molecule has 3 aliphatic heterocycles. The van der Waals surface area contributed by atoms with Crippen LogP contribution in [0.4, 0.5) is 0 Å². The van der Waals surface area contributed by atoms with Gasteiger partial charge < -0.3 is 44.5 Å². The molecule has 2 aliphatic carbocycles. The quantitative estimate of drug-likeness (QED) is 0.317. The Kier molecular flexibility index (Phi) is 5.35. The van der Waals surface area contributed by atoms with Crippen LogP contribution in [0.15, 0.2) is 29.3 Å². The maximum atomic E-state index is 14.4. The van der Waals surface area contributed by atoms with Crippen molar-refractivity contribution in [2.45, 2.75) is 82.6 Å². The van der Waals surface area contributed by atoms with Crippen molar-refractivity contribution in [2.75, 3.05) is 0 Å². The fourth-order valence-electron chi connectivity index (χ4n) is 7.57. The molecule has 8 atom stereocenters. The normalized spacial score (nSPS) is 37.4. The summed E-state index contributed by atoms with van der Waals surface area (Å²) in [6, 6.07) is 2.98. The van der Waals surface area contributed by atoms with Gasteiger partial charge >= 0.3 is 0 Å². The smallest absolute Gasteiger partial charge is 0.227 e. The molecule has 5 N–H and O–H groups in total. The van der Waals surface area contributed by atoms with Gasteiger partial charge in [-0.05, 0) is 52.2 Å². The van der Waals surface area contributed by atoms with Gasteiger partial charge in [0.25, 0.3) is 0 Å². The van der Waals surface area contributed by atoms with E-state index >= 15 is 0 Å². The molecule has 0 radical (unpaired) electrons. The van der Waals surface area contributed by atoms with E-state index in [1.807, 2.05) is 6.92 Å². The van der Waals surface area contributed by atoms with Crippen LogP contribution in [-0.2, 0) is 30.3 Å². The number of aliphatic hydroxyl groups is 1. The molecule has 0 aromatic heterocycles. The van der Waals surface area contributed by atoms with Crippen LogP contribution in [0.1, 0.15) is 77.9 Å². The molecular formula is C30H30O11. The fourth-order valence-corrected chi connectivity index (χ4v) is 7.57. The van der Waals surface area contributed by atoms with Gasteiger partial charge in [-0.1, -0.05) is 0 Å². The molecule has 5 aliphatic rings. The standard InChI is InChI=1S/C30H30O11/c1-10-5-16-21(12(3)38-10)27(36)23-19(33)8-20(34)24-25(23)29(16)9-15-11(2)39-13(4)28(40-29)41-30(24,37)17-6-14(31)7-18(32)22(17)26(15)35/h6-8,10-13,15,28,31-34,37H,5,9H2,1-4H3/t10-,11-,12-,13-,15+,28?,29+,30-/m1/s1. The summed E-state index contributed by atoms with van der Waals surface area (Å²) in [4.78, 5) is 28.6. The zero-order valence-corrected chi connectivity index (χ0v) is 22.8. The van der Waals surface area contributed by atoms with E-state index in [9.17, 15) is 35.1 Å². The van der Waals surface area contributed by atoms with Crippen molar-refractivity contribution < 1.29 is 54.1 Å². The number of Topliss-reactive ketones (excluding diaryl/α,β-unsaturated/α-hetero) is 2. The highest BCUT2D eigenvalue weighted by molar-refractivity contribution is 6.15. The van der Waals surface area contributed by atoms with Gasteiger partial charge in [0.15, 0.2) is 17.9 Å². The van der Waals surface area contributed by atoms with E-state index < -0.39 is 76.5 Å². The third-order valence-electron chi connectivity index (χ3n) is 9.19. The molecule has 0 amide bonds. The summed E-state index contributed by atoms with van der Waals surface area (Å²) in [7, 11) is 0. The van der Waals surface area contributed by atoms with Crippen LogP contribution in [0.2, 0.25) is 0 Å². The van der Waals surface area contributed by atoms with Crippen LogP contribution in [0.5, 0.6) is 23.0 Å². The minimum atomic E-state index is -2.75. The van der Waals surface area contributed by atoms with E-state index in [1.54, 1.807) is 20.8 Å². The molecule has 4 bridgehead atoms. The van der Waals surface area contributed by atoms with E-state index in [2.05, 4.69) is 0 Å². The number of fused-ring (bicyclic) bond motifs is 4. The Labute approximate surface area is 234 Å². The number of aromatic hydroxyl groups is 4. The van der Waals surface area contributed by atoms with Crippen LogP contribution in [0.3, 0.4) is 0 Å². The molecule has 11 nitrogen and oxygen atoms in total. The average molecular weight is 567 g/mol.